The number of hydrogen-bond acceptors (Lipinski definition) is 5. The fourth-order valence-electron chi connectivity index (χ4n) is 4.39. The fourth-order valence-corrected chi connectivity index (χ4v) is 4.39. The third-order valence-corrected chi connectivity index (χ3v) is 6.55. The predicted molar refractivity (Wildman–Crippen MR) is 113 cm³/mol. The molecule has 0 saturated carbocycles. The van der Waals surface area contributed by atoms with Gasteiger partial charge in [-0.1, -0.05) is 56.3 Å². The molecule has 0 radical (unpaired) electrons. The van der Waals surface area contributed by atoms with E-state index in [4.69, 9.17) is 4.74 Å². The lowest BCUT2D eigenvalue weighted by Gasteiger charge is -2.46. The van der Waals surface area contributed by atoms with Gasteiger partial charge in [0.2, 0.25) is 0 Å². The number of esters is 1. The number of piperidine rings is 1. The number of ether oxygens (including phenoxy) is 1. The van der Waals surface area contributed by atoms with Gasteiger partial charge in [-0.15, -0.1) is 0 Å². The molecular formula is C24H31NO4. The van der Waals surface area contributed by atoms with E-state index in [1.54, 1.807) is 6.07 Å². The molecule has 0 amide bonds. The van der Waals surface area contributed by atoms with Crippen molar-refractivity contribution in [1.82, 2.24) is 4.90 Å². The van der Waals surface area contributed by atoms with Crippen molar-refractivity contribution in [2.45, 2.75) is 31.8 Å². The number of nitrogens with zero attached hydrogens (tertiary/aromatic N) is 1. The lowest BCUT2D eigenvalue weighted by Crippen LogP contribution is -2.49. The Balaban J connectivity index is 1.73. The molecule has 1 aliphatic rings. The highest BCUT2D eigenvalue weighted by Gasteiger charge is 2.40. The van der Waals surface area contributed by atoms with Crippen LogP contribution in [-0.4, -0.2) is 47.8 Å². The van der Waals surface area contributed by atoms with Gasteiger partial charge in [0.15, 0.2) is 0 Å². The van der Waals surface area contributed by atoms with Gasteiger partial charge in [-0.25, -0.2) is 0 Å². The number of phenolic OH excluding ortho intramolecular Hbond substituents is 1. The van der Waals surface area contributed by atoms with Crippen LogP contribution >= 0.6 is 0 Å². The molecule has 1 fully saturated rings. The summed E-state index contributed by atoms with van der Waals surface area (Å²) in [5.41, 5.74) is 1.81. The molecule has 0 bridgehead atoms. The second-order valence-corrected chi connectivity index (χ2v) is 8.36. The van der Waals surface area contributed by atoms with Crippen LogP contribution in [0.3, 0.4) is 0 Å². The SMILES string of the molecule is COC(=O)[C@@H](CN1CC[C@@](C)(c2cccc(O)c2)[C@@H](C)C1)[C@H](O)c1ccccc1. The first-order valence-electron chi connectivity index (χ1n) is 10.2. The van der Waals surface area contributed by atoms with Gasteiger partial charge in [-0.2, -0.15) is 0 Å². The zero-order valence-electron chi connectivity index (χ0n) is 17.4. The molecule has 0 spiro atoms. The Bertz CT molecular complexity index is 825. The van der Waals surface area contributed by atoms with Crippen LogP contribution in [0, 0.1) is 11.8 Å². The summed E-state index contributed by atoms with van der Waals surface area (Å²) in [4.78, 5) is 14.7. The summed E-state index contributed by atoms with van der Waals surface area (Å²) in [6.07, 6.45) is 0.00535. The number of methoxy groups -OCH3 is 1. The predicted octanol–water partition coefficient (Wildman–Crippen LogP) is 3.51. The Morgan fingerprint density at radius 2 is 1.97 bits per heavy atom. The molecule has 2 aromatic carbocycles. The average molecular weight is 398 g/mol. The van der Waals surface area contributed by atoms with Gasteiger partial charge in [-0.3, -0.25) is 4.79 Å². The number of carbonyl (C=O) groups excluding carboxylic acids is 1. The molecule has 156 valence electrons. The summed E-state index contributed by atoms with van der Waals surface area (Å²) in [6, 6.07) is 16.8. The maximum Gasteiger partial charge on any atom is 0.312 e. The lowest BCUT2D eigenvalue weighted by molar-refractivity contribution is -0.151. The van der Waals surface area contributed by atoms with Crippen molar-refractivity contribution >= 4 is 5.97 Å². The number of rotatable bonds is 6. The maximum absolute atomic E-state index is 12.4. The first kappa shape index (κ1) is 21.3. The first-order chi connectivity index (χ1) is 13.8. The third kappa shape index (κ3) is 4.62. The molecule has 0 aromatic heterocycles. The van der Waals surface area contributed by atoms with E-state index in [1.807, 2.05) is 42.5 Å². The van der Waals surface area contributed by atoms with Crippen molar-refractivity contribution in [3.05, 3.63) is 65.7 Å². The molecule has 1 aliphatic heterocycles. The van der Waals surface area contributed by atoms with Crippen LogP contribution in [0.15, 0.2) is 54.6 Å². The van der Waals surface area contributed by atoms with Gasteiger partial charge in [0.05, 0.1) is 19.1 Å². The van der Waals surface area contributed by atoms with E-state index in [2.05, 4.69) is 24.8 Å². The molecule has 2 N–H and O–H groups in total. The summed E-state index contributed by atoms with van der Waals surface area (Å²) in [6.45, 7) is 6.51. The number of aliphatic hydroxyl groups excluding tert-OH is 1. The molecule has 1 heterocycles. The quantitative estimate of drug-likeness (QED) is 0.730. The van der Waals surface area contributed by atoms with E-state index >= 15 is 0 Å². The molecule has 4 atom stereocenters. The second kappa shape index (κ2) is 8.97. The monoisotopic (exact) mass is 397 g/mol. The third-order valence-electron chi connectivity index (χ3n) is 6.55. The number of hydrogen-bond donors (Lipinski definition) is 2. The molecule has 29 heavy (non-hydrogen) atoms. The Labute approximate surface area is 172 Å². The molecule has 2 aromatic rings. The highest BCUT2D eigenvalue weighted by molar-refractivity contribution is 5.73. The van der Waals surface area contributed by atoms with E-state index in [-0.39, 0.29) is 11.2 Å². The van der Waals surface area contributed by atoms with Crippen LogP contribution in [-0.2, 0) is 14.9 Å². The van der Waals surface area contributed by atoms with Gasteiger partial charge in [-0.05, 0) is 47.6 Å². The van der Waals surface area contributed by atoms with Crippen molar-refractivity contribution < 1.29 is 19.7 Å². The Kier molecular flexibility index (Phi) is 6.60. The number of aliphatic hydroxyl groups is 1. The minimum absolute atomic E-state index is 0.0476. The minimum atomic E-state index is -0.904. The topological polar surface area (TPSA) is 70.0 Å². The molecule has 0 aliphatic carbocycles. The Morgan fingerprint density at radius 1 is 1.24 bits per heavy atom. The maximum atomic E-state index is 12.4. The summed E-state index contributed by atoms with van der Waals surface area (Å²) in [5.74, 6) is -0.421. The first-order valence-corrected chi connectivity index (χ1v) is 10.2. The summed E-state index contributed by atoms with van der Waals surface area (Å²) in [5, 5.41) is 20.7. The van der Waals surface area contributed by atoms with Crippen molar-refractivity contribution in [3.8, 4) is 5.75 Å². The molecule has 3 rings (SSSR count). The lowest BCUT2D eigenvalue weighted by atomic mass is 9.68. The molecule has 5 nitrogen and oxygen atoms in total. The van der Waals surface area contributed by atoms with Gasteiger partial charge in [0.1, 0.15) is 5.75 Å². The van der Waals surface area contributed by atoms with E-state index in [0.717, 1.165) is 30.6 Å². The molecule has 1 saturated heterocycles. The van der Waals surface area contributed by atoms with E-state index < -0.39 is 18.0 Å². The number of likely N-dealkylation sites (tertiary alicyclic amines) is 1. The smallest absolute Gasteiger partial charge is 0.312 e. The normalized spacial score (nSPS) is 24.6. The second-order valence-electron chi connectivity index (χ2n) is 8.36. The van der Waals surface area contributed by atoms with Crippen LogP contribution in [0.4, 0.5) is 0 Å². The van der Waals surface area contributed by atoms with Crippen molar-refractivity contribution in [3.63, 3.8) is 0 Å². The van der Waals surface area contributed by atoms with E-state index in [1.165, 1.54) is 7.11 Å². The van der Waals surface area contributed by atoms with Gasteiger partial charge in [0.25, 0.3) is 0 Å². The molecular weight excluding hydrogens is 366 g/mol. The zero-order valence-corrected chi connectivity index (χ0v) is 17.4. The van der Waals surface area contributed by atoms with E-state index in [9.17, 15) is 15.0 Å². The van der Waals surface area contributed by atoms with Crippen molar-refractivity contribution in [2.75, 3.05) is 26.7 Å². The van der Waals surface area contributed by atoms with Gasteiger partial charge < -0.3 is 19.8 Å². The van der Waals surface area contributed by atoms with Crippen LogP contribution in [0.1, 0.15) is 37.5 Å². The van der Waals surface area contributed by atoms with Crippen molar-refractivity contribution in [2.24, 2.45) is 11.8 Å². The van der Waals surface area contributed by atoms with Crippen molar-refractivity contribution in [1.29, 1.82) is 0 Å². The molecule has 5 heteroatoms. The zero-order chi connectivity index (χ0) is 21.0. The summed E-state index contributed by atoms with van der Waals surface area (Å²) < 4.78 is 4.99. The highest BCUT2D eigenvalue weighted by Crippen LogP contribution is 2.40. The Hall–Kier alpha value is -2.37. The molecule has 0 unspecified atom stereocenters. The van der Waals surface area contributed by atoms with Crippen LogP contribution < -0.4 is 0 Å². The Morgan fingerprint density at radius 3 is 2.59 bits per heavy atom. The number of carbonyl (C=O) groups is 1. The van der Waals surface area contributed by atoms with Gasteiger partial charge in [0, 0.05) is 13.1 Å². The standard InChI is InChI=1S/C24H31NO4/c1-17-15-25(13-12-24(17,2)19-10-7-11-20(26)14-19)16-21(23(28)29-3)22(27)18-8-5-4-6-9-18/h4-11,14,17,21-22,26-27H,12-13,15-16H2,1-3H3/t17-,21-,22+,24+/m0/s1. The fraction of sp³-hybridized carbons (Fsp3) is 0.458. The minimum Gasteiger partial charge on any atom is -0.508 e. The van der Waals surface area contributed by atoms with E-state index in [0.29, 0.717) is 12.5 Å². The van der Waals surface area contributed by atoms with Gasteiger partial charge >= 0.3 is 5.97 Å². The van der Waals surface area contributed by atoms with Crippen LogP contribution in [0.5, 0.6) is 5.75 Å². The van der Waals surface area contributed by atoms with Crippen LogP contribution in [0.2, 0.25) is 0 Å². The summed E-state index contributed by atoms with van der Waals surface area (Å²) in [7, 11) is 1.37. The number of phenols is 1. The number of benzene rings is 2. The van der Waals surface area contributed by atoms with Crippen LogP contribution in [0.25, 0.3) is 0 Å². The largest absolute Gasteiger partial charge is 0.508 e. The average Bonchev–Trinajstić information content (AvgIpc) is 2.74. The highest BCUT2D eigenvalue weighted by atomic mass is 16.5. The number of aromatic hydroxyl groups is 1. The summed E-state index contributed by atoms with van der Waals surface area (Å²) >= 11 is 0.